The second kappa shape index (κ2) is 2.68. The van der Waals surface area contributed by atoms with Gasteiger partial charge in [0.15, 0.2) is 0 Å². The number of hydrogen-bond acceptors (Lipinski definition) is 1. The van der Waals surface area contributed by atoms with Crippen molar-refractivity contribution >= 4 is 21.8 Å². The Morgan fingerprint density at radius 3 is 3.21 bits per heavy atom. The third kappa shape index (κ3) is 0.871. The van der Waals surface area contributed by atoms with Crippen LogP contribution in [0.3, 0.4) is 0 Å². The number of fused-ring (bicyclic) bond motifs is 3. The molecule has 72 valence electrons. The molecule has 1 unspecified atom stereocenters. The summed E-state index contributed by atoms with van der Waals surface area (Å²) in [6.45, 7) is 2.11. The van der Waals surface area contributed by atoms with E-state index in [2.05, 4.69) is 34.2 Å². The fraction of sp³-hybridized carbons (Fsp3) is 0.200. The average Bonchev–Trinajstić information content (AvgIpc) is 2.76. The molecule has 0 aromatic carbocycles. The predicted octanol–water partition coefficient (Wildman–Crippen LogP) is 1.39. The van der Waals surface area contributed by atoms with Crippen molar-refractivity contribution in [1.82, 2.24) is 4.40 Å². The quantitative estimate of drug-likeness (QED) is 0.650. The maximum absolute atomic E-state index is 8.91. The topological polar surface area (TPSA) is 37.0 Å². The van der Waals surface area contributed by atoms with Crippen LogP contribution in [0.25, 0.3) is 11.1 Å². The molecule has 0 bridgehead atoms. The van der Waals surface area contributed by atoms with Crippen LogP contribution in [0, 0.1) is 0 Å². The minimum atomic E-state index is -0.328. The van der Waals surface area contributed by atoms with Crippen molar-refractivity contribution in [1.29, 1.82) is 0 Å². The van der Waals surface area contributed by atoms with E-state index in [1.54, 1.807) is 0 Å². The fourth-order valence-corrected chi connectivity index (χ4v) is 3.66. The molecule has 3 rings (SSSR count). The SMILES string of the molecule is CC1=c2c(cc3cccn23)S(=NO)C1. The monoisotopic (exact) mass is 206 g/mol. The molecule has 0 amide bonds. The lowest BCUT2D eigenvalue weighted by molar-refractivity contribution is 0.328. The van der Waals surface area contributed by atoms with Gasteiger partial charge in [0, 0.05) is 22.4 Å². The Morgan fingerprint density at radius 2 is 2.43 bits per heavy atom. The van der Waals surface area contributed by atoms with Gasteiger partial charge < -0.3 is 4.40 Å². The van der Waals surface area contributed by atoms with Gasteiger partial charge in [0.05, 0.1) is 5.35 Å². The molecule has 2 aromatic rings. The average molecular weight is 206 g/mol. The first-order valence-electron chi connectivity index (χ1n) is 4.47. The first-order chi connectivity index (χ1) is 6.81. The van der Waals surface area contributed by atoms with Gasteiger partial charge >= 0.3 is 0 Å². The number of aromatic nitrogens is 1. The Bertz CT molecular complexity index is 597. The molecule has 3 heterocycles. The number of hydrogen-bond donors (Lipinski definition) is 1. The maximum atomic E-state index is 8.91. The maximum Gasteiger partial charge on any atom is 0.0600 e. The van der Waals surface area contributed by atoms with E-state index in [0.29, 0.717) is 0 Å². The minimum Gasteiger partial charge on any atom is -0.316 e. The van der Waals surface area contributed by atoms with Gasteiger partial charge in [0.2, 0.25) is 0 Å². The first-order valence-corrected chi connectivity index (χ1v) is 5.82. The second-order valence-corrected chi connectivity index (χ2v) is 5.15. The molecule has 0 aliphatic carbocycles. The summed E-state index contributed by atoms with van der Waals surface area (Å²) in [7, 11) is -0.328. The van der Waals surface area contributed by atoms with Gasteiger partial charge in [0.25, 0.3) is 0 Å². The van der Waals surface area contributed by atoms with E-state index in [1.807, 2.05) is 6.07 Å². The predicted molar refractivity (Wildman–Crippen MR) is 56.4 cm³/mol. The van der Waals surface area contributed by atoms with Gasteiger partial charge in [-0.1, -0.05) is 0 Å². The van der Waals surface area contributed by atoms with E-state index in [-0.39, 0.29) is 10.7 Å². The van der Waals surface area contributed by atoms with Crippen LogP contribution >= 0.6 is 0 Å². The van der Waals surface area contributed by atoms with E-state index in [4.69, 9.17) is 5.21 Å². The third-order valence-corrected chi connectivity index (χ3v) is 4.37. The molecule has 0 saturated carbocycles. The van der Waals surface area contributed by atoms with Crippen molar-refractivity contribution in [2.24, 2.45) is 4.53 Å². The van der Waals surface area contributed by atoms with Gasteiger partial charge in [-0.25, -0.2) is 0 Å². The molecule has 0 spiro atoms. The molecule has 1 aliphatic heterocycles. The van der Waals surface area contributed by atoms with E-state index in [1.165, 1.54) is 21.3 Å². The number of rotatable bonds is 0. The highest BCUT2D eigenvalue weighted by molar-refractivity contribution is 7.88. The summed E-state index contributed by atoms with van der Waals surface area (Å²) >= 11 is 0. The Kier molecular flexibility index (Phi) is 1.57. The summed E-state index contributed by atoms with van der Waals surface area (Å²) in [5.41, 5.74) is 2.50. The molecule has 0 radical (unpaired) electrons. The lowest BCUT2D eigenvalue weighted by Crippen LogP contribution is -2.09. The highest BCUT2D eigenvalue weighted by Crippen LogP contribution is 2.19. The standard InChI is InChI=1S/C10H10N2OS/c1-7-6-14(11-13)9-5-8-3-2-4-12(8)10(7)9/h2-5,13H,6H2,1H3. The van der Waals surface area contributed by atoms with Crippen molar-refractivity contribution in [3.8, 4) is 0 Å². The molecule has 3 nitrogen and oxygen atoms in total. The summed E-state index contributed by atoms with van der Waals surface area (Å²) in [5.74, 6) is 0.870. The highest BCUT2D eigenvalue weighted by Gasteiger charge is 2.18. The normalized spacial score (nSPS) is 21.0. The van der Waals surface area contributed by atoms with Gasteiger partial charge in [-0.15, -0.1) is 4.53 Å². The van der Waals surface area contributed by atoms with Crippen LogP contribution in [0.4, 0.5) is 0 Å². The summed E-state index contributed by atoms with van der Waals surface area (Å²) in [5, 5.41) is 10.1. The summed E-state index contributed by atoms with van der Waals surface area (Å²) in [4.78, 5) is 1.18. The number of nitrogens with zero attached hydrogens (tertiary/aromatic N) is 2. The highest BCUT2D eigenvalue weighted by atomic mass is 32.2. The summed E-state index contributed by atoms with van der Waals surface area (Å²) in [6.07, 6.45) is 2.06. The molecule has 0 saturated heterocycles. The van der Waals surface area contributed by atoms with Gasteiger partial charge in [-0.3, -0.25) is 5.21 Å². The molecule has 1 aliphatic rings. The molecular formula is C10H10N2OS. The molecule has 2 aromatic heterocycles. The van der Waals surface area contributed by atoms with E-state index >= 15 is 0 Å². The molecule has 0 fully saturated rings. The lowest BCUT2D eigenvalue weighted by atomic mass is 10.3. The van der Waals surface area contributed by atoms with Crippen molar-refractivity contribution in [2.75, 3.05) is 5.75 Å². The molecule has 1 N–H and O–H groups in total. The second-order valence-electron chi connectivity index (χ2n) is 3.53. The zero-order chi connectivity index (χ0) is 9.71. The van der Waals surface area contributed by atoms with E-state index < -0.39 is 0 Å². The van der Waals surface area contributed by atoms with Crippen LogP contribution in [-0.4, -0.2) is 15.4 Å². The van der Waals surface area contributed by atoms with E-state index in [9.17, 15) is 0 Å². The lowest BCUT2D eigenvalue weighted by Gasteiger charge is -1.93. The van der Waals surface area contributed by atoms with Crippen molar-refractivity contribution < 1.29 is 5.21 Å². The molecule has 14 heavy (non-hydrogen) atoms. The third-order valence-electron chi connectivity index (χ3n) is 2.64. The van der Waals surface area contributed by atoms with Crippen LogP contribution in [0.5, 0.6) is 0 Å². The first kappa shape index (κ1) is 8.20. The Labute approximate surface area is 83.7 Å². The van der Waals surface area contributed by atoms with Crippen LogP contribution in [0.1, 0.15) is 6.92 Å². The van der Waals surface area contributed by atoms with Crippen molar-refractivity contribution in [3.05, 3.63) is 29.7 Å². The van der Waals surface area contributed by atoms with Crippen LogP contribution < -0.4 is 5.35 Å². The largest absolute Gasteiger partial charge is 0.316 e. The smallest absolute Gasteiger partial charge is 0.0600 e. The Hall–Kier alpha value is -1.13. The zero-order valence-corrected chi connectivity index (χ0v) is 8.58. The zero-order valence-electron chi connectivity index (χ0n) is 7.77. The van der Waals surface area contributed by atoms with Crippen molar-refractivity contribution in [2.45, 2.75) is 11.8 Å². The van der Waals surface area contributed by atoms with Crippen molar-refractivity contribution in [3.63, 3.8) is 0 Å². The molecule has 4 heteroatoms. The Balaban J connectivity index is 2.52. The molecule has 1 atom stereocenters. The van der Waals surface area contributed by atoms with Crippen LogP contribution in [0.15, 0.2) is 33.8 Å². The Morgan fingerprint density at radius 1 is 1.57 bits per heavy atom. The molecular weight excluding hydrogens is 196 g/mol. The summed E-state index contributed by atoms with van der Waals surface area (Å²) in [6, 6.07) is 6.23. The summed E-state index contributed by atoms with van der Waals surface area (Å²) < 4.78 is 5.62. The minimum absolute atomic E-state index is 0.328. The van der Waals surface area contributed by atoms with Gasteiger partial charge in [-0.2, -0.15) is 0 Å². The van der Waals surface area contributed by atoms with Crippen LogP contribution in [-0.2, 0) is 10.7 Å². The van der Waals surface area contributed by atoms with E-state index in [0.717, 1.165) is 5.75 Å². The van der Waals surface area contributed by atoms with Gasteiger partial charge in [0.1, 0.15) is 0 Å². The van der Waals surface area contributed by atoms with Crippen LogP contribution in [0.2, 0.25) is 0 Å². The fourth-order valence-electron chi connectivity index (χ4n) is 2.06. The van der Waals surface area contributed by atoms with Gasteiger partial charge in [-0.05, 0) is 41.4 Å².